The monoisotopic (exact) mass is 257 g/mol. The van der Waals surface area contributed by atoms with Gasteiger partial charge in [0.1, 0.15) is 0 Å². The van der Waals surface area contributed by atoms with Crippen LogP contribution in [0.25, 0.3) is 0 Å². The molecule has 1 N–H and O–H groups in total. The Morgan fingerprint density at radius 2 is 2.25 bits per heavy atom. The minimum absolute atomic E-state index is 0.502. The molecule has 1 fully saturated rings. The molecule has 1 saturated carbocycles. The van der Waals surface area contributed by atoms with Crippen molar-refractivity contribution in [3.8, 4) is 0 Å². The van der Waals surface area contributed by atoms with Crippen molar-refractivity contribution < 1.29 is 0 Å². The van der Waals surface area contributed by atoms with E-state index < -0.39 is 0 Å². The summed E-state index contributed by atoms with van der Waals surface area (Å²) in [5.74, 6) is 0.772. The Bertz CT molecular complexity index is 359. The SMILES string of the molecule is CCCNC(c1ccc(Cl)s1)C1CC1(C)C. The Balaban J connectivity index is 2.09. The van der Waals surface area contributed by atoms with Crippen molar-refractivity contribution in [2.75, 3.05) is 6.54 Å². The van der Waals surface area contributed by atoms with Gasteiger partial charge >= 0.3 is 0 Å². The molecule has 0 aliphatic heterocycles. The van der Waals surface area contributed by atoms with Crippen LogP contribution in [0.4, 0.5) is 0 Å². The molecule has 0 saturated heterocycles. The van der Waals surface area contributed by atoms with E-state index in [9.17, 15) is 0 Å². The molecule has 1 aromatic heterocycles. The molecule has 0 spiro atoms. The van der Waals surface area contributed by atoms with Crippen LogP contribution in [0.5, 0.6) is 0 Å². The molecule has 1 nitrogen and oxygen atoms in total. The van der Waals surface area contributed by atoms with Crippen molar-refractivity contribution >= 4 is 22.9 Å². The van der Waals surface area contributed by atoms with Crippen LogP contribution in [0, 0.1) is 11.3 Å². The van der Waals surface area contributed by atoms with Crippen molar-refractivity contribution in [3.63, 3.8) is 0 Å². The first kappa shape index (κ1) is 12.4. The second kappa shape index (κ2) is 4.67. The normalized spacial score (nSPS) is 24.4. The average molecular weight is 258 g/mol. The van der Waals surface area contributed by atoms with Crippen molar-refractivity contribution in [1.82, 2.24) is 5.32 Å². The van der Waals surface area contributed by atoms with E-state index >= 15 is 0 Å². The maximum Gasteiger partial charge on any atom is 0.0931 e. The van der Waals surface area contributed by atoms with Crippen LogP contribution < -0.4 is 5.32 Å². The zero-order valence-electron chi connectivity index (χ0n) is 10.2. The number of hydrogen-bond donors (Lipinski definition) is 1. The summed E-state index contributed by atoms with van der Waals surface area (Å²) in [7, 11) is 0. The topological polar surface area (TPSA) is 12.0 Å². The van der Waals surface area contributed by atoms with E-state index in [1.165, 1.54) is 17.7 Å². The molecule has 1 heterocycles. The summed E-state index contributed by atoms with van der Waals surface area (Å²) < 4.78 is 0.900. The van der Waals surface area contributed by atoms with E-state index in [2.05, 4.69) is 32.2 Å². The predicted octanol–water partition coefficient (Wildman–Crippen LogP) is 4.49. The molecule has 0 amide bonds. The second-order valence-electron chi connectivity index (χ2n) is 5.37. The largest absolute Gasteiger partial charge is 0.309 e. The zero-order valence-corrected chi connectivity index (χ0v) is 11.8. The molecular weight excluding hydrogens is 238 g/mol. The molecule has 1 aromatic rings. The fourth-order valence-corrected chi connectivity index (χ4v) is 3.52. The Kier molecular flexibility index (Phi) is 3.62. The number of rotatable bonds is 5. The highest BCUT2D eigenvalue weighted by molar-refractivity contribution is 7.16. The van der Waals surface area contributed by atoms with Crippen molar-refractivity contribution in [2.45, 2.75) is 39.7 Å². The molecule has 16 heavy (non-hydrogen) atoms. The van der Waals surface area contributed by atoms with Crippen LogP contribution in [-0.2, 0) is 0 Å². The fourth-order valence-electron chi connectivity index (χ4n) is 2.31. The minimum atomic E-state index is 0.502. The molecule has 2 rings (SSSR count). The van der Waals surface area contributed by atoms with Crippen LogP contribution >= 0.6 is 22.9 Å². The third-order valence-electron chi connectivity index (χ3n) is 3.51. The lowest BCUT2D eigenvalue weighted by molar-refractivity contribution is 0.421. The predicted molar refractivity (Wildman–Crippen MR) is 72.3 cm³/mol. The summed E-state index contributed by atoms with van der Waals surface area (Å²) in [5, 5.41) is 3.67. The molecule has 0 aromatic carbocycles. The van der Waals surface area contributed by atoms with Crippen LogP contribution in [0.15, 0.2) is 12.1 Å². The van der Waals surface area contributed by atoms with Gasteiger partial charge in [0.05, 0.1) is 4.34 Å². The molecule has 3 heteroatoms. The first-order valence-electron chi connectivity index (χ1n) is 6.03. The van der Waals surface area contributed by atoms with E-state index in [-0.39, 0.29) is 0 Å². The average Bonchev–Trinajstić information content (AvgIpc) is 2.64. The molecule has 0 radical (unpaired) electrons. The molecule has 90 valence electrons. The Morgan fingerprint density at radius 1 is 1.56 bits per heavy atom. The molecular formula is C13H20ClNS. The van der Waals surface area contributed by atoms with Crippen molar-refractivity contribution in [1.29, 1.82) is 0 Å². The van der Waals surface area contributed by atoms with E-state index in [4.69, 9.17) is 11.6 Å². The second-order valence-corrected chi connectivity index (χ2v) is 7.12. The van der Waals surface area contributed by atoms with Gasteiger partial charge < -0.3 is 5.32 Å². The van der Waals surface area contributed by atoms with Crippen molar-refractivity contribution in [2.24, 2.45) is 11.3 Å². The minimum Gasteiger partial charge on any atom is -0.309 e. The van der Waals surface area contributed by atoms with Gasteiger partial charge in [-0.1, -0.05) is 32.4 Å². The summed E-state index contributed by atoms with van der Waals surface area (Å²) in [4.78, 5) is 1.40. The number of halogens is 1. The van der Waals surface area contributed by atoms with Gasteiger partial charge in [0.25, 0.3) is 0 Å². The Labute approximate surface area is 107 Å². The van der Waals surface area contributed by atoms with Crippen LogP contribution in [0.2, 0.25) is 4.34 Å². The van der Waals surface area contributed by atoms with E-state index in [0.717, 1.165) is 16.8 Å². The highest BCUT2D eigenvalue weighted by Crippen LogP contribution is 2.58. The molecule has 1 aliphatic rings. The number of nitrogens with one attached hydrogen (secondary N) is 1. The Hall–Kier alpha value is -0.0500. The van der Waals surface area contributed by atoms with E-state index in [1.54, 1.807) is 11.3 Å². The fraction of sp³-hybridized carbons (Fsp3) is 0.692. The van der Waals surface area contributed by atoms with Crippen LogP contribution in [0.3, 0.4) is 0 Å². The maximum absolute atomic E-state index is 6.03. The summed E-state index contributed by atoms with van der Waals surface area (Å²) in [6.07, 6.45) is 2.51. The van der Waals surface area contributed by atoms with Gasteiger partial charge in [-0.2, -0.15) is 0 Å². The van der Waals surface area contributed by atoms with Crippen LogP contribution in [0.1, 0.15) is 44.5 Å². The quantitative estimate of drug-likeness (QED) is 0.820. The highest BCUT2D eigenvalue weighted by atomic mass is 35.5. The number of thiophene rings is 1. The number of hydrogen-bond acceptors (Lipinski definition) is 2. The summed E-state index contributed by atoms with van der Waals surface area (Å²) in [6, 6.07) is 4.69. The first-order chi connectivity index (χ1) is 7.54. The van der Waals surface area contributed by atoms with E-state index in [1.807, 2.05) is 6.07 Å². The van der Waals surface area contributed by atoms with Crippen molar-refractivity contribution in [3.05, 3.63) is 21.3 Å². The lowest BCUT2D eigenvalue weighted by Crippen LogP contribution is -2.24. The summed E-state index contributed by atoms with van der Waals surface area (Å²) in [5.41, 5.74) is 0.502. The summed E-state index contributed by atoms with van der Waals surface area (Å²) >= 11 is 7.74. The van der Waals surface area contributed by atoms with Crippen LogP contribution in [-0.4, -0.2) is 6.54 Å². The lowest BCUT2D eigenvalue weighted by Gasteiger charge is -2.18. The zero-order chi connectivity index (χ0) is 11.8. The lowest BCUT2D eigenvalue weighted by atomic mass is 10.0. The Morgan fingerprint density at radius 3 is 2.69 bits per heavy atom. The molecule has 2 atom stereocenters. The highest BCUT2D eigenvalue weighted by Gasteiger charge is 2.50. The summed E-state index contributed by atoms with van der Waals surface area (Å²) in [6.45, 7) is 8.01. The van der Waals surface area contributed by atoms with Gasteiger partial charge in [0.2, 0.25) is 0 Å². The smallest absolute Gasteiger partial charge is 0.0931 e. The third kappa shape index (κ3) is 2.61. The van der Waals surface area contributed by atoms with Gasteiger partial charge in [-0.15, -0.1) is 11.3 Å². The molecule has 1 aliphatic carbocycles. The van der Waals surface area contributed by atoms with Gasteiger partial charge in [-0.3, -0.25) is 0 Å². The van der Waals surface area contributed by atoms with Gasteiger partial charge in [-0.25, -0.2) is 0 Å². The van der Waals surface area contributed by atoms with E-state index in [0.29, 0.717) is 11.5 Å². The maximum atomic E-state index is 6.03. The molecule has 0 bridgehead atoms. The van der Waals surface area contributed by atoms with Gasteiger partial charge in [0.15, 0.2) is 0 Å². The van der Waals surface area contributed by atoms with Gasteiger partial charge in [-0.05, 0) is 42.9 Å². The van der Waals surface area contributed by atoms with Gasteiger partial charge in [0, 0.05) is 10.9 Å². The molecule has 2 unspecified atom stereocenters. The standard InChI is InChI=1S/C13H20ClNS/c1-4-7-15-12(9-8-13(9,2)3)10-5-6-11(14)16-10/h5-6,9,12,15H,4,7-8H2,1-3H3. The first-order valence-corrected chi connectivity index (χ1v) is 7.22. The third-order valence-corrected chi connectivity index (χ3v) is 4.82.